The normalized spacial score (nSPS) is 20.9. The van der Waals surface area contributed by atoms with Gasteiger partial charge in [0.15, 0.2) is 0 Å². The predicted octanol–water partition coefficient (Wildman–Crippen LogP) is 3.03. The molecule has 1 spiro atoms. The standard InChI is InChI=1S/C22H23N3O3/c1-14-7-5-8-15(2)19(14)23-18(26)13-25-20(27)22(24-21(25)28)12-6-10-16-9-3-4-11-17(16)22/h3-5,7-9,11H,6,10,12-13H2,1-2H3,(H,23,26)(H,24,28)/t22-/m1/s1. The Balaban J connectivity index is 1.57. The van der Waals surface area contributed by atoms with Crippen LogP contribution >= 0.6 is 0 Å². The molecule has 0 saturated carbocycles. The Kier molecular flexibility index (Phi) is 4.41. The van der Waals surface area contributed by atoms with Crippen molar-refractivity contribution in [2.45, 2.75) is 38.6 Å². The molecule has 4 amide bonds. The summed E-state index contributed by atoms with van der Waals surface area (Å²) in [4.78, 5) is 39.5. The van der Waals surface area contributed by atoms with Crippen LogP contribution in [-0.2, 0) is 21.5 Å². The fourth-order valence-electron chi connectivity index (χ4n) is 4.29. The number of urea groups is 1. The van der Waals surface area contributed by atoms with Gasteiger partial charge in [-0.1, -0.05) is 42.5 Å². The highest BCUT2D eigenvalue weighted by atomic mass is 16.2. The number of fused-ring (bicyclic) bond motifs is 2. The predicted molar refractivity (Wildman–Crippen MR) is 106 cm³/mol. The lowest BCUT2D eigenvalue weighted by molar-refractivity contribution is -0.134. The SMILES string of the molecule is Cc1cccc(C)c1NC(=O)CN1C(=O)N[C@@]2(CCCc3ccccc32)C1=O. The second-order valence-corrected chi connectivity index (χ2v) is 7.55. The van der Waals surface area contributed by atoms with Crippen LogP contribution in [0.2, 0.25) is 0 Å². The van der Waals surface area contributed by atoms with Crippen molar-refractivity contribution in [1.29, 1.82) is 0 Å². The lowest BCUT2D eigenvalue weighted by Gasteiger charge is -2.33. The average Bonchev–Trinajstić information content (AvgIpc) is 2.90. The Morgan fingerprint density at radius 1 is 1.11 bits per heavy atom. The Morgan fingerprint density at radius 3 is 2.57 bits per heavy atom. The van der Waals surface area contributed by atoms with Crippen LogP contribution in [0.4, 0.5) is 10.5 Å². The zero-order valence-electron chi connectivity index (χ0n) is 16.0. The third kappa shape index (κ3) is 2.85. The van der Waals surface area contributed by atoms with Gasteiger partial charge in [0.25, 0.3) is 5.91 Å². The zero-order chi connectivity index (χ0) is 19.9. The Hall–Kier alpha value is -3.15. The number of carbonyl (C=O) groups excluding carboxylic acids is 3. The van der Waals surface area contributed by atoms with Crippen molar-refractivity contribution in [2.75, 3.05) is 11.9 Å². The third-order valence-corrected chi connectivity index (χ3v) is 5.70. The molecule has 1 heterocycles. The minimum Gasteiger partial charge on any atom is -0.324 e. The van der Waals surface area contributed by atoms with Gasteiger partial charge in [0.2, 0.25) is 5.91 Å². The van der Waals surface area contributed by atoms with E-state index in [2.05, 4.69) is 10.6 Å². The lowest BCUT2D eigenvalue weighted by Crippen LogP contribution is -2.47. The first kappa shape index (κ1) is 18.2. The number of rotatable bonds is 3. The van der Waals surface area contributed by atoms with Crippen molar-refractivity contribution in [3.05, 3.63) is 64.7 Å². The number of hydrogen-bond donors (Lipinski definition) is 2. The maximum absolute atomic E-state index is 13.2. The molecule has 1 atom stereocenters. The molecule has 6 nitrogen and oxygen atoms in total. The van der Waals surface area contributed by atoms with E-state index in [0.717, 1.165) is 45.7 Å². The maximum Gasteiger partial charge on any atom is 0.325 e. The molecule has 1 fully saturated rings. The summed E-state index contributed by atoms with van der Waals surface area (Å²) in [5, 5.41) is 5.72. The highest BCUT2D eigenvalue weighted by molar-refractivity contribution is 6.10. The summed E-state index contributed by atoms with van der Waals surface area (Å²) in [6.45, 7) is 3.51. The number of nitrogens with one attached hydrogen (secondary N) is 2. The molecule has 28 heavy (non-hydrogen) atoms. The topological polar surface area (TPSA) is 78.5 Å². The molecule has 4 rings (SSSR count). The lowest BCUT2D eigenvalue weighted by atomic mass is 9.76. The van der Waals surface area contributed by atoms with Crippen LogP contribution in [0.3, 0.4) is 0 Å². The number of para-hydroxylation sites is 1. The van der Waals surface area contributed by atoms with Crippen LogP contribution in [0.15, 0.2) is 42.5 Å². The highest BCUT2D eigenvalue weighted by Crippen LogP contribution is 2.39. The van der Waals surface area contributed by atoms with Gasteiger partial charge in [-0.2, -0.15) is 0 Å². The van der Waals surface area contributed by atoms with Crippen molar-refractivity contribution in [2.24, 2.45) is 0 Å². The largest absolute Gasteiger partial charge is 0.325 e. The summed E-state index contributed by atoms with van der Waals surface area (Å²) in [5.41, 5.74) is 3.45. The maximum atomic E-state index is 13.2. The van der Waals surface area contributed by atoms with E-state index in [1.165, 1.54) is 0 Å². The summed E-state index contributed by atoms with van der Waals surface area (Å²) in [6, 6.07) is 12.9. The van der Waals surface area contributed by atoms with E-state index in [1.54, 1.807) is 0 Å². The minimum absolute atomic E-state index is 0.303. The van der Waals surface area contributed by atoms with Crippen LogP contribution in [0, 0.1) is 13.8 Å². The van der Waals surface area contributed by atoms with Crippen molar-refractivity contribution >= 4 is 23.5 Å². The number of nitrogens with zero attached hydrogens (tertiary/aromatic N) is 1. The number of aryl methyl sites for hydroxylation is 3. The van der Waals surface area contributed by atoms with E-state index in [0.29, 0.717) is 6.42 Å². The molecule has 2 aromatic rings. The first-order valence-corrected chi connectivity index (χ1v) is 9.51. The second kappa shape index (κ2) is 6.78. The summed E-state index contributed by atoms with van der Waals surface area (Å²) in [6.07, 6.45) is 2.24. The van der Waals surface area contributed by atoms with Gasteiger partial charge in [-0.3, -0.25) is 14.5 Å². The summed E-state index contributed by atoms with van der Waals surface area (Å²) in [7, 11) is 0. The van der Waals surface area contributed by atoms with E-state index in [-0.39, 0.29) is 18.4 Å². The van der Waals surface area contributed by atoms with E-state index in [1.807, 2.05) is 56.3 Å². The Morgan fingerprint density at radius 2 is 1.82 bits per heavy atom. The minimum atomic E-state index is -1.05. The Bertz CT molecular complexity index is 964. The van der Waals surface area contributed by atoms with Crippen molar-refractivity contribution in [1.82, 2.24) is 10.2 Å². The average molecular weight is 377 g/mol. The molecular formula is C22H23N3O3. The summed E-state index contributed by atoms with van der Waals surface area (Å²) >= 11 is 0. The molecule has 2 N–H and O–H groups in total. The van der Waals surface area contributed by atoms with Crippen molar-refractivity contribution in [3.8, 4) is 0 Å². The third-order valence-electron chi connectivity index (χ3n) is 5.70. The summed E-state index contributed by atoms with van der Waals surface area (Å²) in [5.74, 6) is -0.733. The first-order chi connectivity index (χ1) is 13.4. The second-order valence-electron chi connectivity index (χ2n) is 7.55. The molecule has 2 aromatic carbocycles. The monoisotopic (exact) mass is 377 g/mol. The van der Waals surface area contributed by atoms with Crippen LogP contribution in [-0.4, -0.2) is 29.3 Å². The molecule has 2 aliphatic rings. The van der Waals surface area contributed by atoms with Crippen LogP contribution < -0.4 is 10.6 Å². The van der Waals surface area contributed by atoms with Crippen LogP contribution in [0.1, 0.15) is 35.1 Å². The van der Waals surface area contributed by atoms with Gasteiger partial charge in [-0.15, -0.1) is 0 Å². The zero-order valence-corrected chi connectivity index (χ0v) is 16.0. The van der Waals surface area contributed by atoms with Gasteiger partial charge in [0.1, 0.15) is 12.1 Å². The fourth-order valence-corrected chi connectivity index (χ4v) is 4.29. The number of hydrogen-bond acceptors (Lipinski definition) is 3. The van der Waals surface area contributed by atoms with Crippen molar-refractivity contribution in [3.63, 3.8) is 0 Å². The first-order valence-electron chi connectivity index (χ1n) is 9.51. The Labute approximate surface area is 163 Å². The number of imide groups is 1. The van der Waals surface area contributed by atoms with Gasteiger partial charge in [-0.25, -0.2) is 4.79 Å². The molecule has 1 saturated heterocycles. The molecule has 144 valence electrons. The molecule has 1 aliphatic carbocycles. The molecule has 6 heteroatoms. The number of amides is 4. The van der Waals surface area contributed by atoms with Gasteiger partial charge in [-0.05, 0) is 55.4 Å². The number of carbonyl (C=O) groups is 3. The molecule has 0 radical (unpaired) electrons. The highest BCUT2D eigenvalue weighted by Gasteiger charge is 2.54. The van der Waals surface area contributed by atoms with Gasteiger partial charge >= 0.3 is 6.03 Å². The summed E-state index contributed by atoms with van der Waals surface area (Å²) < 4.78 is 0. The number of anilines is 1. The molecule has 0 aromatic heterocycles. The van der Waals surface area contributed by atoms with Crippen molar-refractivity contribution < 1.29 is 14.4 Å². The van der Waals surface area contributed by atoms with Gasteiger partial charge in [0, 0.05) is 5.69 Å². The number of benzene rings is 2. The van der Waals surface area contributed by atoms with E-state index < -0.39 is 11.6 Å². The van der Waals surface area contributed by atoms with E-state index in [9.17, 15) is 14.4 Å². The van der Waals surface area contributed by atoms with E-state index >= 15 is 0 Å². The van der Waals surface area contributed by atoms with Crippen LogP contribution in [0.5, 0.6) is 0 Å². The molecule has 0 unspecified atom stereocenters. The van der Waals surface area contributed by atoms with Gasteiger partial charge < -0.3 is 10.6 Å². The quantitative estimate of drug-likeness (QED) is 0.807. The van der Waals surface area contributed by atoms with Crippen LogP contribution in [0.25, 0.3) is 0 Å². The molecular weight excluding hydrogens is 354 g/mol. The fraction of sp³-hybridized carbons (Fsp3) is 0.318. The smallest absolute Gasteiger partial charge is 0.324 e. The molecule has 1 aliphatic heterocycles. The van der Waals surface area contributed by atoms with Gasteiger partial charge in [0.05, 0.1) is 0 Å². The molecule has 0 bridgehead atoms. The van der Waals surface area contributed by atoms with E-state index in [4.69, 9.17) is 0 Å².